The SMILES string of the molecule is CC1(C)OB(c2ccc(-c3cnn(COCC[Si](C)(C)C)c3)nc2F)OC1(C)C. The minimum atomic E-state index is -1.11. The van der Waals surface area contributed by atoms with E-state index in [4.69, 9.17) is 14.0 Å². The van der Waals surface area contributed by atoms with E-state index in [1.165, 1.54) is 0 Å². The normalized spacial score (nSPS) is 18.4. The van der Waals surface area contributed by atoms with Crippen molar-refractivity contribution in [1.29, 1.82) is 0 Å². The Hall–Kier alpha value is -1.55. The largest absolute Gasteiger partial charge is 0.499 e. The van der Waals surface area contributed by atoms with E-state index in [1.54, 1.807) is 23.0 Å². The van der Waals surface area contributed by atoms with Crippen molar-refractivity contribution in [2.45, 2.75) is 71.3 Å². The standard InChI is InChI=1S/C20H31BFN3O3Si/c1-19(2)20(3,4)28-21(27-19)16-8-9-17(24-18(16)22)15-12-23-25(13-15)14-26-10-11-29(5,6)7/h8-9,12-13H,10-11,14H2,1-7H3. The fraction of sp³-hybridized carbons (Fsp3) is 0.600. The first-order valence-corrected chi connectivity index (χ1v) is 13.7. The highest BCUT2D eigenvalue weighted by molar-refractivity contribution is 6.76. The summed E-state index contributed by atoms with van der Waals surface area (Å²) in [6.07, 6.45) is 3.48. The molecular formula is C20H31BFN3O3Si. The van der Waals surface area contributed by atoms with E-state index in [9.17, 15) is 4.39 Å². The number of halogens is 1. The van der Waals surface area contributed by atoms with Crippen molar-refractivity contribution >= 4 is 20.7 Å². The lowest BCUT2D eigenvalue weighted by molar-refractivity contribution is 0.00578. The Bertz CT molecular complexity index is 851. The summed E-state index contributed by atoms with van der Waals surface area (Å²) in [4.78, 5) is 4.11. The summed E-state index contributed by atoms with van der Waals surface area (Å²) in [6.45, 7) is 15.8. The molecule has 1 saturated heterocycles. The van der Waals surface area contributed by atoms with E-state index in [0.717, 1.165) is 18.2 Å². The lowest BCUT2D eigenvalue weighted by atomic mass is 9.80. The van der Waals surface area contributed by atoms with Crippen LogP contribution in [0.2, 0.25) is 25.7 Å². The molecule has 0 aromatic carbocycles. The zero-order valence-electron chi connectivity index (χ0n) is 18.5. The summed E-state index contributed by atoms with van der Waals surface area (Å²) in [5, 5.41) is 4.29. The Labute approximate surface area is 173 Å². The molecule has 1 aliphatic rings. The van der Waals surface area contributed by atoms with Crippen molar-refractivity contribution < 1.29 is 18.4 Å². The molecule has 0 aliphatic carbocycles. The second-order valence-corrected chi connectivity index (χ2v) is 15.4. The molecule has 6 nitrogen and oxygen atoms in total. The predicted molar refractivity (Wildman–Crippen MR) is 115 cm³/mol. The van der Waals surface area contributed by atoms with Gasteiger partial charge in [-0.2, -0.15) is 9.49 Å². The summed E-state index contributed by atoms with van der Waals surface area (Å²) in [7, 11) is -1.88. The minimum Gasteiger partial charge on any atom is -0.399 e. The molecule has 29 heavy (non-hydrogen) atoms. The first kappa shape index (κ1) is 22.1. The molecule has 1 aliphatic heterocycles. The van der Waals surface area contributed by atoms with Crippen molar-refractivity contribution in [2.75, 3.05) is 6.61 Å². The van der Waals surface area contributed by atoms with Gasteiger partial charge in [-0.05, 0) is 39.8 Å². The van der Waals surface area contributed by atoms with Gasteiger partial charge in [-0.15, -0.1) is 0 Å². The van der Waals surface area contributed by atoms with Crippen LogP contribution in [-0.4, -0.2) is 47.8 Å². The topological polar surface area (TPSA) is 58.4 Å². The third-order valence-electron chi connectivity index (χ3n) is 5.53. The summed E-state index contributed by atoms with van der Waals surface area (Å²) in [5.41, 5.74) is 0.488. The van der Waals surface area contributed by atoms with Crippen LogP contribution in [0.3, 0.4) is 0 Å². The molecular weight excluding hydrogens is 388 g/mol. The first-order chi connectivity index (χ1) is 13.4. The summed E-state index contributed by atoms with van der Waals surface area (Å²) in [6, 6.07) is 4.53. The van der Waals surface area contributed by atoms with Gasteiger partial charge in [-0.3, -0.25) is 0 Å². The molecule has 0 amide bonds. The van der Waals surface area contributed by atoms with Gasteiger partial charge in [0, 0.05) is 31.9 Å². The van der Waals surface area contributed by atoms with Crippen LogP contribution in [0.25, 0.3) is 11.3 Å². The van der Waals surface area contributed by atoms with Crippen molar-refractivity contribution in [2.24, 2.45) is 0 Å². The molecule has 0 unspecified atom stereocenters. The van der Waals surface area contributed by atoms with E-state index in [-0.39, 0.29) is 0 Å². The Kier molecular flexibility index (Phi) is 6.06. The highest BCUT2D eigenvalue weighted by atomic mass is 28.3. The molecule has 3 rings (SSSR count). The number of hydrogen-bond acceptors (Lipinski definition) is 5. The molecule has 0 spiro atoms. The zero-order chi connectivity index (χ0) is 21.4. The highest BCUT2D eigenvalue weighted by Crippen LogP contribution is 2.36. The maximum atomic E-state index is 14.7. The second kappa shape index (κ2) is 7.94. The smallest absolute Gasteiger partial charge is 0.399 e. The highest BCUT2D eigenvalue weighted by Gasteiger charge is 2.52. The van der Waals surface area contributed by atoms with Gasteiger partial charge < -0.3 is 14.0 Å². The number of hydrogen-bond donors (Lipinski definition) is 0. The van der Waals surface area contributed by atoms with Gasteiger partial charge in [0.2, 0.25) is 5.95 Å². The lowest BCUT2D eigenvalue weighted by Gasteiger charge is -2.32. The monoisotopic (exact) mass is 419 g/mol. The number of aromatic nitrogens is 3. The van der Waals surface area contributed by atoms with Crippen LogP contribution in [0.15, 0.2) is 24.5 Å². The fourth-order valence-electron chi connectivity index (χ4n) is 2.85. The lowest BCUT2D eigenvalue weighted by Crippen LogP contribution is -2.41. The second-order valence-electron chi connectivity index (χ2n) is 9.78. The van der Waals surface area contributed by atoms with Crippen molar-refractivity contribution in [1.82, 2.24) is 14.8 Å². The van der Waals surface area contributed by atoms with E-state index in [0.29, 0.717) is 17.9 Å². The number of pyridine rings is 1. The molecule has 2 aromatic rings. The first-order valence-electron chi connectivity index (χ1n) is 10.0. The van der Waals surface area contributed by atoms with Crippen LogP contribution in [-0.2, 0) is 20.8 Å². The summed E-state index contributed by atoms with van der Waals surface area (Å²) < 4.78 is 34.0. The minimum absolute atomic E-state index is 0.300. The van der Waals surface area contributed by atoms with Crippen LogP contribution in [0, 0.1) is 5.95 Å². The summed E-state index contributed by atoms with van der Waals surface area (Å²) >= 11 is 0. The third kappa shape index (κ3) is 5.14. The molecule has 0 bridgehead atoms. The number of nitrogens with zero attached hydrogens (tertiary/aromatic N) is 3. The van der Waals surface area contributed by atoms with Crippen LogP contribution >= 0.6 is 0 Å². The molecule has 0 saturated carbocycles. The molecule has 3 heterocycles. The van der Waals surface area contributed by atoms with Crippen LogP contribution < -0.4 is 5.46 Å². The maximum absolute atomic E-state index is 14.7. The molecule has 1 fully saturated rings. The molecule has 0 N–H and O–H groups in total. The van der Waals surface area contributed by atoms with Crippen molar-refractivity contribution in [3.63, 3.8) is 0 Å². The Balaban J connectivity index is 1.66. The molecule has 0 atom stereocenters. The van der Waals surface area contributed by atoms with Crippen molar-refractivity contribution in [3.05, 3.63) is 30.5 Å². The van der Waals surface area contributed by atoms with Gasteiger partial charge in [0.1, 0.15) is 6.73 Å². The molecule has 9 heteroatoms. The quantitative estimate of drug-likeness (QED) is 0.389. The Morgan fingerprint density at radius 1 is 1.14 bits per heavy atom. The zero-order valence-corrected chi connectivity index (χ0v) is 19.5. The van der Waals surface area contributed by atoms with Gasteiger partial charge in [-0.1, -0.05) is 25.7 Å². The summed E-state index contributed by atoms with van der Waals surface area (Å²) in [5.74, 6) is -0.597. The van der Waals surface area contributed by atoms with Crippen LogP contribution in [0.1, 0.15) is 27.7 Å². The number of ether oxygens (including phenoxy) is 1. The van der Waals surface area contributed by atoms with Gasteiger partial charge in [0.05, 0.1) is 23.1 Å². The molecule has 2 aromatic heterocycles. The fourth-order valence-corrected chi connectivity index (χ4v) is 3.61. The van der Waals surface area contributed by atoms with Crippen LogP contribution in [0.5, 0.6) is 0 Å². The average Bonchev–Trinajstić information content (AvgIpc) is 3.13. The molecule has 0 radical (unpaired) electrons. The Morgan fingerprint density at radius 2 is 1.79 bits per heavy atom. The van der Waals surface area contributed by atoms with Gasteiger partial charge in [0.15, 0.2) is 0 Å². The maximum Gasteiger partial charge on any atom is 0.499 e. The third-order valence-corrected chi connectivity index (χ3v) is 7.24. The van der Waals surface area contributed by atoms with E-state index in [2.05, 4.69) is 29.7 Å². The van der Waals surface area contributed by atoms with E-state index in [1.807, 2.05) is 33.9 Å². The van der Waals surface area contributed by atoms with Gasteiger partial charge in [0.25, 0.3) is 0 Å². The van der Waals surface area contributed by atoms with Crippen LogP contribution in [0.4, 0.5) is 4.39 Å². The van der Waals surface area contributed by atoms with Crippen molar-refractivity contribution in [3.8, 4) is 11.3 Å². The predicted octanol–water partition coefficient (Wildman–Crippen LogP) is 3.70. The van der Waals surface area contributed by atoms with Gasteiger partial charge >= 0.3 is 7.12 Å². The van der Waals surface area contributed by atoms with Gasteiger partial charge in [-0.25, -0.2) is 9.67 Å². The number of rotatable bonds is 7. The molecule has 158 valence electrons. The van der Waals surface area contributed by atoms with E-state index < -0.39 is 32.3 Å². The van der Waals surface area contributed by atoms with E-state index >= 15 is 0 Å². The average molecular weight is 419 g/mol. The Morgan fingerprint density at radius 3 is 2.38 bits per heavy atom.